The quantitative estimate of drug-likeness (QED) is 0.760. The Morgan fingerprint density at radius 3 is 2.00 bits per heavy atom. The molecule has 2 heteroatoms. The molecule has 96 valence electrons. The number of nitrogens with one attached hydrogen (secondary N) is 1. The average molecular weight is 254 g/mol. The van der Waals surface area contributed by atoms with Crippen LogP contribution in [-0.2, 0) is 5.41 Å². The van der Waals surface area contributed by atoms with Crippen molar-refractivity contribution in [1.29, 1.82) is 0 Å². The average Bonchev–Trinajstić information content (AvgIpc) is 2.30. The molecule has 0 unspecified atom stereocenters. The second-order valence-electron chi connectivity index (χ2n) is 4.82. The molecule has 0 amide bonds. The van der Waals surface area contributed by atoms with E-state index >= 15 is 0 Å². The minimum absolute atomic E-state index is 0.267. The molecule has 1 nitrogen and oxygen atoms in total. The molecule has 0 saturated heterocycles. The number of hydrogen-bond donors (Lipinski definition) is 1. The van der Waals surface area contributed by atoms with E-state index in [1.54, 1.807) is 0 Å². The highest BCUT2D eigenvalue weighted by atomic mass is 35.5. The third-order valence-corrected chi connectivity index (χ3v) is 3.68. The summed E-state index contributed by atoms with van der Waals surface area (Å²) in [5.41, 5.74) is 1.68. The van der Waals surface area contributed by atoms with Crippen LogP contribution in [0.5, 0.6) is 0 Å². The van der Waals surface area contributed by atoms with Crippen LogP contribution in [0.15, 0.2) is 24.3 Å². The van der Waals surface area contributed by atoms with Crippen molar-refractivity contribution >= 4 is 11.6 Å². The summed E-state index contributed by atoms with van der Waals surface area (Å²) in [4.78, 5) is 0. The molecule has 0 radical (unpaired) electrons. The Balaban J connectivity index is 3.04. The lowest BCUT2D eigenvalue weighted by Crippen LogP contribution is -2.36. The lowest BCUT2D eigenvalue weighted by atomic mass is 9.73. The molecule has 0 heterocycles. The first kappa shape index (κ1) is 14.5. The van der Waals surface area contributed by atoms with Crippen molar-refractivity contribution in [1.82, 2.24) is 5.32 Å². The first-order valence-corrected chi connectivity index (χ1v) is 6.97. The van der Waals surface area contributed by atoms with E-state index in [1.807, 2.05) is 19.2 Å². The molecule has 0 bridgehead atoms. The number of benzene rings is 1. The SMILES string of the molecule is CCCC(CCC)(CNC)c1ccc(Cl)cc1. The fourth-order valence-corrected chi connectivity index (χ4v) is 2.92. The van der Waals surface area contributed by atoms with Crippen molar-refractivity contribution < 1.29 is 0 Å². The number of likely N-dealkylation sites (N-methyl/N-ethyl adjacent to an activating group) is 1. The van der Waals surface area contributed by atoms with Gasteiger partial charge in [-0.15, -0.1) is 0 Å². The molecule has 0 aliphatic carbocycles. The van der Waals surface area contributed by atoms with Crippen LogP contribution in [0.4, 0.5) is 0 Å². The van der Waals surface area contributed by atoms with Crippen molar-refractivity contribution in [2.75, 3.05) is 13.6 Å². The predicted molar refractivity (Wildman–Crippen MR) is 76.9 cm³/mol. The first-order valence-electron chi connectivity index (χ1n) is 6.59. The molecule has 0 atom stereocenters. The molecular formula is C15H24ClN. The molecule has 1 N–H and O–H groups in total. The lowest BCUT2D eigenvalue weighted by Gasteiger charge is -2.34. The van der Waals surface area contributed by atoms with Crippen LogP contribution in [0, 0.1) is 0 Å². The Hall–Kier alpha value is -0.530. The van der Waals surface area contributed by atoms with Crippen molar-refractivity contribution in [3.63, 3.8) is 0 Å². The van der Waals surface area contributed by atoms with Gasteiger partial charge in [-0.1, -0.05) is 50.4 Å². The normalized spacial score (nSPS) is 11.8. The number of hydrogen-bond acceptors (Lipinski definition) is 1. The molecule has 0 aromatic heterocycles. The van der Waals surface area contributed by atoms with E-state index in [-0.39, 0.29) is 5.41 Å². The van der Waals surface area contributed by atoms with E-state index in [0.717, 1.165) is 11.6 Å². The molecule has 1 aromatic rings. The summed E-state index contributed by atoms with van der Waals surface area (Å²) in [5.74, 6) is 0. The molecule has 1 aromatic carbocycles. The topological polar surface area (TPSA) is 12.0 Å². The van der Waals surface area contributed by atoms with E-state index in [1.165, 1.54) is 31.2 Å². The van der Waals surface area contributed by atoms with Crippen molar-refractivity contribution in [3.05, 3.63) is 34.9 Å². The summed E-state index contributed by atoms with van der Waals surface area (Å²) in [6.07, 6.45) is 4.88. The van der Waals surface area contributed by atoms with Crippen LogP contribution in [0.25, 0.3) is 0 Å². The fraction of sp³-hybridized carbons (Fsp3) is 0.600. The third-order valence-electron chi connectivity index (χ3n) is 3.43. The van der Waals surface area contributed by atoms with Gasteiger partial charge in [0.25, 0.3) is 0 Å². The summed E-state index contributed by atoms with van der Waals surface area (Å²) in [7, 11) is 2.04. The molecule has 17 heavy (non-hydrogen) atoms. The minimum atomic E-state index is 0.267. The zero-order chi connectivity index (χ0) is 12.7. The van der Waals surface area contributed by atoms with Crippen LogP contribution in [0.2, 0.25) is 5.02 Å². The standard InChI is InChI=1S/C15H24ClN/c1-4-10-15(11-5-2,12-17-3)13-6-8-14(16)9-7-13/h6-9,17H,4-5,10-12H2,1-3H3. The Kier molecular flexibility index (Phi) is 6.01. The van der Waals surface area contributed by atoms with Gasteiger partial charge in [0.15, 0.2) is 0 Å². The van der Waals surface area contributed by atoms with Gasteiger partial charge in [-0.05, 0) is 37.6 Å². The maximum absolute atomic E-state index is 5.98. The Labute approximate surface area is 111 Å². The highest BCUT2D eigenvalue weighted by Crippen LogP contribution is 2.34. The van der Waals surface area contributed by atoms with Gasteiger partial charge in [0.2, 0.25) is 0 Å². The van der Waals surface area contributed by atoms with Gasteiger partial charge < -0.3 is 5.32 Å². The van der Waals surface area contributed by atoms with Crippen LogP contribution in [0.1, 0.15) is 45.1 Å². The van der Waals surface area contributed by atoms with Crippen molar-refractivity contribution in [3.8, 4) is 0 Å². The summed E-state index contributed by atoms with van der Waals surface area (Å²) in [6.45, 7) is 5.56. The van der Waals surface area contributed by atoms with Gasteiger partial charge in [0, 0.05) is 17.0 Å². The van der Waals surface area contributed by atoms with E-state index in [0.29, 0.717) is 0 Å². The van der Waals surface area contributed by atoms with Crippen molar-refractivity contribution in [2.45, 2.75) is 44.9 Å². The van der Waals surface area contributed by atoms with Crippen molar-refractivity contribution in [2.24, 2.45) is 0 Å². The van der Waals surface area contributed by atoms with Gasteiger partial charge in [-0.25, -0.2) is 0 Å². The van der Waals surface area contributed by atoms with E-state index in [4.69, 9.17) is 11.6 Å². The lowest BCUT2D eigenvalue weighted by molar-refractivity contribution is 0.344. The summed E-state index contributed by atoms with van der Waals surface area (Å²) in [6, 6.07) is 8.38. The fourth-order valence-electron chi connectivity index (χ4n) is 2.79. The van der Waals surface area contributed by atoms with Gasteiger partial charge >= 0.3 is 0 Å². The predicted octanol–water partition coefficient (Wildman–Crippen LogP) is 4.40. The molecular weight excluding hydrogens is 230 g/mol. The second kappa shape index (κ2) is 7.03. The maximum atomic E-state index is 5.98. The molecule has 0 aliphatic heterocycles. The smallest absolute Gasteiger partial charge is 0.0406 e. The Morgan fingerprint density at radius 1 is 1.06 bits per heavy atom. The minimum Gasteiger partial charge on any atom is -0.319 e. The summed E-state index contributed by atoms with van der Waals surface area (Å²) < 4.78 is 0. The third kappa shape index (κ3) is 3.72. The van der Waals surface area contributed by atoms with Gasteiger partial charge in [-0.3, -0.25) is 0 Å². The molecule has 0 aliphatic rings. The zero-order valence-electron chi connectivity index (χ0n) is 11.2. The number of rotatable bonds is 7. The van der Waals surface area contributed by atoms with Gasteiger partial charge in [-0.2, -0.15) is 0 Å². The molecule has 0 spiro atoms. The Bertz CT molecular complexity index is 301. The van der Waals surface area contributed by atoms with Crippen LogP contribution < -0.4 is 5.32 Å². The number of halogens is 1. The highest BCUT2D eigenvalue weighted by molar-refractivity contribution is 6.30. The molecule has 0 saturated carbocycles. The van der Waals surface area contributed by atoms with Crippen LogP contribution >= 0.6 is 11.6 Å². The highest BCUT2D eigenvalue weighted by Gasteiger charge is 2.29. The van der Waals surface area contributed by atoms with E-state index in [2.05, 4.69) is 31.3 Å². The second-order valence-corrected chi connectivity index (χ2v) is 5.25. The van der Waals surface area contributed by atoms with Gasteiger partial charge in [0.05, 0.1) is 0 Å². The molecule has 1 rings (SSSR count). The Morgan fingerprint density at radius 2 is 1.59 bits per heavy atom. The largest absolute Gasteiger partial charge is 0.319 e. The van der Waals surface area contributed by atoms with Crippen LogP contribution in [0.3, 0.4) is 0 Å². The zero-order valence-corrected chi connectivity index (χ0v) is 12.0. The summed E-state index contributed by atoms with van der Waals surface area (Å²) in [5, 5.41) is 4.18. The van der Waals surface area contributed by atoms with Crippen LogP contribution in [-0.4, -0.2) is 13.6 Å². The van der Waals surface area contributed by atoms with Gasteiger partial charge in [0.1, 0.15) is 0 Å². The summed E-state index contributed by atoms with van der Waals surface area (Å²) >= 11 is 5.98. The van der Waals surface area contributed by atoms with E-state index < -0.39 is 0 Å². The maximum Gasteiger partial charge on any atom is 0.0406 e. The van der Waals surface area contributed by atoms with E-state index in [9.17, 15) is 0 Å². The first-order chi connectivity index (χ1) is 8.18. The molecule has 0 fully saturated rings. The monoisotopic (exact) mass is 253 g/mol.